The summed E-state index contributed by atoms with van der Waals surface area (Å²) < 4.78 is 21.6. The number of aromatic nitrogens is 1. The van der Waals surface area contributed by atoms with Gasteiger partial charge in [0.1, 0.15) is 0 Å². The second-order valence-electron chi connectivity index (χ2n) is 3.28. The molecule has 1 aliphatic rings. The Balaban J connectivity index is 2.22. The van der Waals surface area contributed by atoms with Crippen LogP contribution >= 0.6 is 0 Å². The van der Waals surface area contributed by atoms with E-state index in [0.29, 0.717) is 6.54 Å². The molecule has 1 saturated heterocycles. The number of pyridine rings is 1. The van der Waals surface area contributed by atoms with Gasteiger partial charge in [-0.15, -0.1) is 0 Å². The lowest BCUT2D eigenvalue weighted by Gasteiger charge is -2.18. The lowest BCUT2D eigenvalue weighted by atomic mass is 10.1. The number of hydrogen-bond acceptors (Lipinski definition) is 2. The summed E-state index contributed by atoms with van der Waals surface area (Å²) in [5.74, 6) is 0. The van der Waals surface area contributed by atoms with Gasteiger partial charge in [0.25, 0.3) is 0 Å². The Kier molecular flexibility index (Phi) is 2.90. The zero-order valence-electron chi connectivity index (χ0n) is 7.67. The van der Waals surface area contributed by atoms with E-state index >= 15 is 0 Å². The van der Waals surface area contributed by atoms with Crippen LogP contribution < -0.4 is 0 Å². The summed E-state index contributed by atoms with van der Waals surface area (Å²) in [4.78, 5) is 4.21. The Bertz CT molecular complexity index is 331. The van der Waals surface area contributed by atoms with Gasteiger partial charge in [-0.25, -0.2) is 4.21 Å². The molecule has 2 rings (SSSR count). The van der Waals surface area contributed by atoms with Gasteiger partial charge in [-0.05, 0) is 25.0 Å². The first kappa shape index (κ1) is 9.76. The molecule has 1 aromatic rings. The molecule has 2 atom stereocenters. The second-order valence-corrected chi connectivity index (χ2v) is 4.21. The minimum Gasteiger partial charge on any atom is -0.294 e. The van der Waals surface area contributed by atoms with Gasteiger partial charge in [0.05, 0.1) is 11.7 Å². The van der Waals surface area contributed by atoms with Gasteiger partial charge in [-0.1, -0.05) is 6.07 Å². The predicted octanol–water partition coefficient (Wildman–Crippen LogP) is 1.36. The summed E-state index contributed by atoms with van der Waals surface area (Å²) in [6, 6.07) is 5.65. The molecule has 14 heavy (non-hydrogen) atoms. The van der Waals surface area contributed by atoms with Crippen molar-refractivity contribution in [1.29, 1.82) is 0 Å². The second kappa shape index (κ2) is 4.16. The van der Waals surface area contributed by atoms with Crippen molar-refractivity contribution in [2.75, 3.05) is 6.54 Å². The normalized spacial score (nSPS) is 25.1. The summed E-state index contributed by atoms with van der Waals surface area (Å²) in [7, 11) is 0. The summed E-state index contributed by atoms with van der Waals surface area (Å²) in [5, 5.41) is 0. The molecule has 0 spiro atoms. The van der Waals surface area contributed by atoms with E-state index in [9.17, 15) is 4.21 Å². The van der Waals surface area contributed by atoms with E-state index in [-0.39, 0.29) is 6.04 Å². The largest absolute Gasteiger partial charge is 0.294 e. The maximum Gasteiger partial charge on any atom is 0.235 e. The molecule has 2 heterocycles. The smallest absolute Gasteiger partial charge is 0.235 e. The molecule has 0 amide bonds. The standard InChI is InChI=1S/C9H12N2O2S/c12-14(13)11-7-3-5-9(11)8-4-1-2-6-10-8/h1-2,4,6,9H,3,5,7H2,(H,12,13)/t9-/m0/s1. The Hall–Kier alpha value is -0.780. The molecule has 0 aliphatic carbocycles. The van der Waals surface area contributed by atoms with Gasteiger partial charge >= 0.3 is 0 Å². The van der Waals surface area contributed by atoms with Crippen LogP contribution in [0.2, 0.25) is 0 Å². The Morgan fingerprint density at radius 1 is 1.57 bits per heavy atom. The van der Waals surface area contributed by atoms with Crippen LogP contribution in [0.15, 0.2) is 24.4 Å². The highest BCUT2D eigenvalue weighted by molar-refractivity contribution is 7.76. The Morgan fingerprint density at radius 2 is 2.43 bits per heavy atom. The fourth-order valence-corrected chi connectivity index (χ4v) is 2.51. The van der Waals surface area contributed by atoms with Crippen molar-refractivity contribution in [3.8, 4) is 0 Å². The maximum absolute atomic E-state index is 11.0. The van der Waals surface area contributed by atoms with Gasteiger partial charge in [0.2, 0.25) is 11.3 Å². The van der Waals surface area contributed by atoms with Crippen LogP contribution in [0.5, 0.6) is 0 Å². The first-order chi connectivity index (χ1) is 6.79. The van der Waals surface area contributed by atoms with Gasteiger partial charge in [0, 0.05) is 12.7 Å². The molecular weight excluding hydrogens is 200 g/mol. The summed E-state index contributed by atoms with van der Waals surface area (Å²) in [5.41, 5.74) is 0.882. The maximum atomic E-state index is 11.0. The minimum absolute atomic E-state index is 0.00188. The molecular formula is C9H12N2O2S. The van der Waals surface area contributed by atoms with Crippen LogP contribution in [-0.4, -0.2) is 24.6 Å². The molecule has 1 aromatic heterocycles. The van der Waals surface area contributed by atoms with E-state index in [1.807, 2.05) is 18.2 Å². The Morgan fingerprint density at radius 3 is 3.07 bits per heavy atom. The first-order valence-corrected chi connectivity index (χ1v) is 5.64. The molecule has 0 aromatic carbocycles. The average Bonchev–Trinajstić information content (AvgIpc) is 2.67. The number of nitrogens with zero attached hydrogens (tertiary/aromatic N) is 2. The van der Waals surface area contributed by atoms with Crippen molar-refractivity contribution in [2.24, 2.45) is 0 Å². The number of hydrogen-bond donors (Lipinski definition) is 1. The van der Waals surface area contributed by atoms with Crippen molar-refractivity contribution in [2.45, 2.75) is 18.9 Å². The van der Waals surface area contributed by atoms with Crippen LogP contribution in [0.1, 0.15) is 24.6 Å². The van der Waals surface area contributed by atoms with Crippen LogP contribution in [0, 0.1) is 0 Å². The SMILES string of the molecule is O=S(O)N1CCC[C@H]1c1ccccn1. The van der Waals surface area contributed by atoms with E-state index in [4.69, 9.17) is 4.55 Å². The van der Waals surface area contributed by atoms with Crippen molar-refractivity contribution >= 4 is 11.3 Å². The van der Waals surface area contributed by atoms with E-state index in [0.717, 1.165) is 18.5 Å². The number of rotatable bonds is 2. The zero-order valence-corrected chi connectivity index (χ0v) is 8.48. The van der Waals surface area contributed by atoms with Crippen LogP contribution in [-0.2, 0) is 11.3 Å². The predicted molar refractivity (Wildman–Crippen MR) is 53.7 cm³/mol. The third-order valence-corrected chi connectivity index (χ3v) is 3.27. The van der Waals surface area contributed by atoms with Crippen LogP contribution in [0.4, 0.5) is 0 Å². The molecule has 0 radical (unpaired) electrons. The van der Waals surface area contributed by atoms with Gasteiger partial charge in [-0.2, -0.15) is 4.31 Å². The fraction of sp³-hybridized carbons (Fsp3) is 0.444. The molecule has 0 bridgehead atoms. The molecule has 1 unspecified atom stereocenters. The zero-order chi connectivity index (χ0) is 9.97. The third-order valence-electron chi connectivity index (χ3n) is 2.43. The van der Waals surface area contributed by atoms with E-state index in [1.165, 1.54) is 0 Å². The minimum atomic E-state index is -1.88. The monoisotopic (exact) mass is 212 g/mol. The van der Waals surface area contributed by atoms with Crippen molar-refractivity contribution < 1.29 is 8.76 Å². The van der Waals surface area contributed by atoms with E-state index in [1.54, 1.807) is 10.5 Å². The van der Waals surface area contributed by atoms with Crippen LogP contribution in [0.25, 0.3) is 0 Å². The van der Waals surface area contributed by atoms with Gasteiger partial charge in [0.15, 0.2) is 0 Å². The first-order valence-electron chi connectivity index (χ1n) is 4.57. The van der Waals surface area contributed by atoms with E-state index < -0.39 is 11.3 Å². The molecule has 4 nitrogen and oxygen atoms in total. The van der Waals surface area contributed by atoms with Gasteiger partial charge in [-0.3, -0.25) is 9.54 Å². The topological polar surface area (TPSA) is 53.4 Å². The van der Waals surface area contributed by atoms with Crippen molar-refractivity contribution in [1.82, 2.24) is 9.29 Å². The van der Waals surface area contributed by atoms with Crippen molar-refractivity contribution in [3.63, 3.8) is 0 Å². The summed E-state index contributed by atoms with van der Waals surface area (Å²) in [6.07, 6.45) is 3.57. The molecule has 5 heteroatoms. The van der Waals surface area contributed by atoms with Crippen LogP contribution in [0.3, 0.4) is 0 Å². The summed E-state index contributed by atoms with van der Waals surface area (Å²) in [6.45, 7) is 0.671. The lowest BCUT2D eigenvalue weighted by Crippen LogP contribution is -2.25. The van der Waals surface area contributed by atoms with Crippen molar-refractivity contribution in [3.05, 3.63) is 30.1 Å². The van der Waals surface area contributed by atoms with E-state index in [2.05, 4.69) is 4.98 Å². The molecule has 0 saturated carbocycles. The molecule has 76 valence electrons. The highest BCUT2D eigenvalue weighted by atomic mass is 32.2. The average molecular weight is 212 g/mol. The molecule has 1 N–H and O–H groups in total. The Labute approximate surface area is 85.4 Å². The quantitative estimate of drug-likeness (QED) is 0.753. The lowest BCUT2D eigenvalue weighted by molar-refractivity contribution is 0.378. The fourth-order valence-electron chi connectivity index (χ4n) is 1.80. The van der Waals surface area contributed by atoms with Gasteiger partial charge < -0.3 is 0 Å². The molecule has 1 fully saturated rings. The summed E-state index contributed by atoms with van der Waals surface area (Å²) >= 11 is -1.88. The highest BCUT2D eigenvalue weighted by Gasteiger charge is 2.30. The highest BCUT2D eigenvalue weighted by Crippen LogP contribution is 2.30. The third kappa shape index (κ3) is 1.84. The molecule has 1 aliphatic heterocycles.